The van der Waals surface area contributed by atoms with Crippen molar-refractivity contribution in [3.63, 3.8) is 0 Å². The summed E-state index contributed by atoms with van der Waals surface area (Å²) in [5.41, 5.74) is 5.14. The molecule has 4 aromatic rings. The van der Waals surface area contributed by atoms with Gasteiger partial charge in [-0.05, 0) is 73.8 Å². The van der Waals surface area contributed by atoms with E-state index in [4.69, 9.17) is 4.42 Å². The predicted octanol–water partition coefficient (Wildman–Crippen LogP) is 5.94. The van der Waals surface area contributed by atoms with Crippen molar-refractivity contribution in [3.05, 3.63) is 95.2 Å². The van der Waals surface area contributed by atoms with E-state index in [1.54, 1.807) is 18.9 Å². The van der Waals surface area contributed by atoms with E-state index < -0.39 is 5.97 Å². The molecule has 0 saturated carbocycles. The first kappa shape index (κ1) is 25.4. The maximum atomic E-state index is 11.5. The Bertz CT molecular complexity index is 1350. The number of fused-ring (bicyclic) bond motifs is 1. The van der Waals surface area contributed by atoms with Crippen molar-refractivity contribution < 1.29 is 14.3 Å². The standard InChI is InChI=1S/C30H33N3O3S/c1-22-27-20-26(12-13-28(27)36-29(22)30(34)35)37-33(15-14-23-6-4-3-5-7-23)21-24-8-10-25(11-9-24)32-18-16-31(2)17-19-32/h3-13,20H,14-19,21H2,1-2H3,(H,34,35). The lowest BCUT2D eigenvalue weighted by Gasteiger charge is -2.34. The maximum Gasteiger partial charge on any atom is 0.372 e. The van der Waals surface area contributed by atoms with E-state index in [9.17, 15) is 9.90 Å². The van der Waals surface area contributed by atoms with Crippen LogP contribution in [0.5, 0.6) is 0 Å². The van der Waals surface area contributed by atoms with Gasteiger partial charge in [-0.1, -0.05) is 42.5 Å². The number of aryl methyl sites for hydroxylation is 1. The maximum absolute atomic E-state index is 11.5. The molecule has 1 saturated heterocycles. The van der Waals surface area contributed by atoms with E-state index >= 15 is 0 Å². The van der Waals surface area contributed by atoms with Crippen LogP contribution >= 0.6 is 11.9 Å². The summed E-state index contributed by atoms with van der Waals surface area (Å²) in [4.78, 5) is 17.4. The SMILES string of the molecule is Cc1c(C(=O)O)oc2ccc(SN(CCc3ccccc3)Cc3ccc(N4CCN(C)CC4)cc3)cc12. The summed E-state index contributed by atoms with van der Waals surface area (Å²) in [7, 11) is 2.18. The Morgan fingerprint density at radius 3 is 2.41 bits per heavy atom. The topological polar surface area (TPSA) is 60.2 Å². The van der Waals surface area contributed by atoms with E-state index in [-0.39, 0.29) is 5.76 Å². The summed E-state index contributed by atoms with van der Waals surface area (Å²) in [6, 6.07) is 25.4. The van der Waals surface area contributed by atoms with Crippen molar-refractivity contribution in [1.82, 2.24) is 9.21 Å². The Balaban J connectivity index is 1.33. The molecule has 0 unspecified atom stereocenters. The molecular weight excluding hydrogens is 482 g/mol. The lowest BCUT2D eigenvalue weighted by molar-refractivity contribution is 0.0664. The molecule has 0 atom stereocenters. The number of rotatable bonds is 9. The number of carboxylic acid groups (broad SMARTS) is 1. The quantitative estimate of drug-likeness (QED) is 0.277. The van der Waals surface area contributed by atoms with Crippen LogP contribution in [0.2, 0.25) is 0 Å². The molecule has 3 aromatic carbocycles. The first-order chi connectivity index (χ1) is 18.0. The van der Waals surface area contributed by atoms with Crippen LogP contribution in [0.25, 0.3) is 11.0 Å². The molecule has 1 N–H and O–H groups in total. The molecule has 0 aliphatic carbocycles. The number of benzene rings is 3. The normalized spacial score (nSPS) is 14.5. The van der Waals surface area contributed by atoms with Crippen molar-refractivity contribution in [3.8, 4) is 0 Å². The number of aromatic carboxylic acids is 1. The molecule has 0 radical (unpaired) electrons. The number of hydrogen-bond acceptors (Lipinski definition) is 6. The van der Waals surface area contributed by atoms with Gasteiger partial charge in [0.15, 0.2) is 0 Å². The average Bonchev–Trinajstić information content (AvgIpc) is 3.25. The van der Waals surface area contributed by atoms with Crippen LogP contribution in [0.15, 0.2) is 82.1 Å². The molecule has 37 heavy (non-hydrogen) atoms. The number of hydrogen-bond donors (Lipinski definition) is 1. The Morgan fingerprint density at radius 2 is 1.70 bits per heavy atom. The molecule has 5 rings (SSSR count). The molecule has 0 spiro atoms. The van der Waals surface area contributed by atoms with Gasteiger partial charge in [-0.3, -0.25) is 0 Å². The summed E-state index contributed by atoms with van der Waals surface area (Å²) in [6.07, 6.45) is 0.948. The first-order valence-electron chi connectivity index (χ1n) is 12.7. The zero-order chi connectivity index (χ0) is 25.8. The fraction of sp³-hybridized carbons (Fsp3) is 0.300. The van der Waals surface area contributed by atoms with Gasteiger partial charge >= 0.3 is 5.97 Å². The van der Waals surface area contributed by atoms with E-state index in [0.29, 0.717) is 11.1 Å². The lowest BCUT2D eigenvalue weighted by Crippen LogP contribution is -2.44. The zero-order valence-electron chi connectivity index (χ0n) is 21.4. The van der Waals surface area contributed by atoms with Crippen LogP contribution < -0.4 is 4.90 Å². The minimum Gasteiger partial charge on any atom is -0.475 e. The summed E-state index contributed by atoms with van der Waals surface area (Å²) in [5, 5.41) is 10.3. The largest absolute Gasteiger partial charge is 0.475 e. The van der Waals surface area contributed by atoms with Crippen LogP contribution in [0, 0.1) is 6.92 Å². The van der Waals surface area contributed by atoms with Gasteiger partial charge in [0.2, 0.25) is 5.76 Å². The molecule has 1 aliphatic rings. The highest BCUT2D eigenvalue weighted by Gasteiger charge is 2.18. The second-order valence-electron chi connectivity index (χ2n) is 9.67. The molecule has 1 fully saturated rings. The van der Waals surface area contributed by atoms with Gasteiger partial charge in [0.05, 0.1) is 0 Å². The van der Waals surface area contributed by atoms with Gasteiger partial charge in [0.1, 0.15) is 5.58 Å². The van der Waals surface area contributed by atoms with Crippen molar-refractivity contribution in [1.29, 1.82) is 0 Å². The van der Waals surface area contributed by atoms with Crippen molar-refractivity contribution in [2.24, 2.45) is 0 Å². The average molecular weight is 516 g/mol. The second-order valence-corrected chi connectivity index (χ2v) is 10.8. The van der Waals surface area contributed by atoms with E-state index in [2.05, 4.69) is 69.7 Å². The molecule has 7 heteroatoms. The lowest BCUT2D eigenvalue weighted by atomic mass is 10.1. The molecular formula is C30H33N3O3S. The van der Waals surface area contributed by atoms with Crippen molar-refractivity contribution in [2.75, 3.05) is 44.7 Å². The van der Waals surface area contributed by atoms with E-state index in [0.717, 1.165) is 56.0 Å². The fourth-order valence-corrected chi connectivity index (χ4v) is 5.74. The Labute approximate surface area is 222 Å². The van der Waals surface area contributed by atoms with E-state index in [1.165, 1.54) is 16.8 Å². The molecule has 2 heterocycles. The number of carbonyl (C=O) groups is 1. The summed E-state index contributed by atoms with van der Waals surface area (Å²) in [6.45, 7) is 7.82. The van der Waals surface area contributed by atoms with Crippen LogP contribution in [0.4, 0.5) is 5.69 Å². The molecule has 1 aromatic heterocycles. The monoisotopic (exact) mass is 515 g/mol. The Kier molecular flexibility index (Phi) is 7.84. The zero-order valence-corrected chi connectivity index (χ0v) is 22.2. The molecule has 192 valence electrons. The van der Waals surface area contributed by atoms with Gasteiger partial charge in [0, 0.05) is 60.8 Å². The molecule has 0 bridgehead atoms. The Hall–Kier alpha value is -3.26. The highest BCUT2D eigenvalue weighted by atomic mass is 32.2. The van der Waals surface area contributed by atoms with Crippen LogP contribution in [-0.4, -0.2) is 60.1 Å². The fourth-order valence-electron chi connectivity index (χ4n) is 4.75. The molecule has 0 amide bonds. The highest BCUT2D eigenvalue weighted by molar-refractivity contribution is 7.97. The van der Waals surface area contributed by atoms with Gasteiger partial charge in [0.25, 0.3) is 0 Å². The summed E-state index contributed by atoms with van der Waals surface area (Å²) < 4.78 is 7.94. The number of likely N-dealkylation sites (N-methyl/N-ethyl adjacent to an activating group) is 1. The van der Waals surface area contributed by atoms with Gasteiger partial charge in [-0.2, -0.15) is 0 Å². The third-order valence-electron chi connectivity index (χ3n) is 6.99. The third kappa shape index (κ3) is 6.18. The van der Waals surface area contributed by atoms with Gasteiger partial charge < -0.3 is 19.3 Å². The van der Waals surface area contributed by atoms with Gasteiger partial charge in [-0.25, -0.2) is 9.10 Å². The van der Waals surface area contributed by atoms with Crippen LogP contribution in [0.3, 0.4) is 0 Å². The van der Waals surface area contributed by atoms with E-state index in [1.807, 2.05) is 24.3 Å². The number of carboxylic acids is 1. The Morgan fingerprint density at radius 1 is 0.973 bits per heavy atom. The number of nitrogens with zero attached hydrogens (tertiary/aromatic N) is 3. The number of furan rings is 1. The van der Waals surface area contributed by atoms with Gasteiger partial charge in [-0.15, -0.1) is 0 Å². The minimum atomic E-state index is -1.03. The predicted molar refractivity (Wildman–Crippen MR) is 150 cm³/mol. The third-order valence-corrected chi connectivity index (χ3v) is 8.03. The van der Waals surface area contributed by atoms with Crippen molar-refractivity contribution >= 4 is 34.6 Å². The smallest absolute Gasteiger partial charge is 0.372 e. The first-order valence-corrected chi connectivity index (χ1v) is 13.5. The van der Waals surface area contributed by atoms with Crippen LogP contribution in [-0.2, 0) is 13.0 Å². The second kappa shape index (κ2) is 11.4. The van der Waals surface area contributed by atoms with Crippen LogP contribution in [0.1, 0.15) is 27.2 Å². The summed E-state index contributed by atoms with van der Waals surface area (Å²) >= 11 is 1.70. The minimum absolute atomic E-state index is 0.0125. The number of anilines is 1. The molecule has 6 nitrogen and oxygen atoms in total. The summed E-state index contributed by atoms with van der Waals surface area (Å²) in [5.74, 6) is -1.02. The van der Waals surface area contributed by atoms with Crippen molar-refractivity contribution in [2.45, 2.75) is 24.8 Å². The molecule has 1 aliphatic heterocycles. The number of piperazine rings is 1. The highest BCUT2D eigenvalue weighted by Crippen LogP contribution is 2.32.